The van der Waals surface area contributed by atoms with Crippen LogP contribution in [0.3, 0.4) is 0 Å². The van der Waals surface area contributed by atoms with Gasteiger partial charge in [0, 0.05) is 22.7 Å². The molecule has 0 aliphatic rings. The quantitative estimate of drug-likeness (QED) is 0.558. The second kappa shape index (κ2) is 7.10. The van der Waals surface area contributed by atoms with Gasteiger partial charge in [-0.25, -0.2) is 9.67 Å². The van der Waals surface area contributed by atoms with Crippen molar-refractivity contribution in [2.75, 3.05) is 5.32 Å². The minimum absolute atomic E-state index is 0.0816. The highest BCUT2D eigenvalue weighted by Gasteiger charge is 2.11. The van der Waals surface area contributed by atoms with Gasteiger partial charge < -0.3 is 0 Å². The molecule has 0 atom stereocenters. The second-order valence-corrected chi connectivity index (χ2v) is 5.59. The Labute approximate surface area is 147 Å². The molecule has 25 heavy (non-hydrogen) atoms. The number of nitro groups is 1. The van der Waals surface area contributed by atoms with E-state index >= 15 is 0 Å². The highest BCUT2D eigenvalue weighted by atomic mass is 35.5. The Morgan fingerprint density at radius 3 is 2.48 bits per heavy atom. The van der Waals surface area contributed by atoms with Gasteiger partial charge in [0.2, 0.25) is 5.95 Å². The molecular formula is C16H12ClN5O3. The van der Waals surface area contributed by atoms with E-state index in [1.165, 1.54) is 30.6 Å². The number of nitrogens with one attached hydrogen (secondary N) is 1. The summed E-state index contributed by atoms with van der Waals surface area (Å²) in [5.41, 5.74) is 1.18. The Balaban J connectivity index is 1.65. The molecular weight excluding hydrogens is 346 g/mol. The molecule has 0 radical (unpaired) electrons. The molecule has 1 heterocycles. The average Bonchev–Trinajstić information content (AvgIpc) is 3.04. The van der Waals surface area contributed by atoms with E-state index in [1.54, 1.807) is 16.8 Å². The molecule has 0 aliphatic carbocycles. The first kappa shape index (κ1) is 16.6. The molecule has 126 valence electrons. The SMILES string of the molecule is O=C(Nc1ncn(Cc2ccc(Cl)cc2)n1)c1ccc([N+](=O)[O-])cc1. The van der Waals surface area contributed by atoms with Gasteiger partial charge in [0.15, 0.2) is 0 Å². The third-order valence-corrected chi connectivity index (χ3v) is 3.61. The maximum atomic E-state index is 12.1. The monoisotopic (exact) mass is 357 g/mol. The van der Waals surface area contributed by atoms with E-state index in [1.807, 2.05) is 12.1 Å². The Hall–Kier alpha value is -3.26. The molecule has 0 fully saturated rings. The number of aromatic nitrogens is 3. The van der Waals surface area contributed by atoms with Gasteiger partial charge in [0.25, 0.3) is 11.6 Å². The predicted molar refractivity (Wildman–Crippen MR) is 91.6 cm³/mol. The van der Waals surface area contributed by atoms with Crippen LogP contribution in [0.2, 0.25) is 5.02 Å². The van der Waals surface area contributed by atoms with Crippen LogP contribution in [-0.2, 0) is 6.54 Å². The number of nitro benzene ring substituents is 1. The van der Waals surface area contributed by atoms with E-state index in [2.05, 4.69) is 15.4 Å². The van der Waals surface area contributed by atoms with E-state index in [9.17, 15) is 14.9 Å². The van der Waals surface area contributed by atoms with Crippen LogP contribution in [0.4, 0.5) is 11.6 Å². The van der Waals surface area contributed by atoms with Gasteiger partial charge in [-0.05, 0) is 29.8 Å². The third kappa shape index (κ3) is 4.18. The highest BCUT2D eigenvalue weighted by molar-refractivity contribution is 6.30. The fourth-order valence-corrected chi connectivity index (χ4v) is 2.24. The molecule has 3 rings (SSSR count). The smallest absolute Gasteiger partial charge is 0.269 e. The van der Waals surface area contributed by atoms with Crippen LogP contribution in [0.25, 0.3) is 0 Å². The molecule has 1 aromatic heterocycles. The second-order valence-electron chi connectivity index (χ2n) is 5.15. The number of halogens is 1. The summed E-state index contributed by atoms with van der Waals surface area (Å²) in [6.45, 7) is 0.484. The summed E-state index contributed by atoms with van der Waals surface area (Å²) in [6, 6.07) is 12.6. The van der Waals surface area contributed by atoms with Crippen molar-refractivity contribution < 1.29 is 9.72 Å². The van der Waals surface area contributed by atoms with E-state index < -0.39 is 10.8 Å². The molecule has 1 N–H and O–H groups in total. The Morgan fingerprint density at radius 1 is 1.16 bits per heavy atom. The molecule has 8 nitrogen and oxygen atoms in total. The zero-order valence-corrected chi connectivity index (χ0v) is 13.6. The summed E-state index contributed by atoms with van der Waals surface area (Å²) in [5.74, 6) is -0.295. The Kier molecular flexibility index (Phi) is 4.71. The molecule has 0 saturated heterocycles. The van der Waals surface area contributed by atoms with Crippen LogP contribution in [-0.4, -0.2) is 25.6 Å². The fraction of sp³-hybridized carbons (Fsp3) is 0.0625. The number of non-ortho nitro benzene ring substituents is 1. The molecule has 0 bridgehead atoms. The fourth-order valence-electron chi connectivity index (χ4n) is 2.11. The summed E-state index contributed by atoms with van der Waals surface area (Å²) in [7, 11) is 0. The molecule has 0 aliphatic heterocycles. The molecule has 1 amide bonds. The lowest BCUT2D eigenvalue weighted by atomic mass is 10.2. The van der Waals surface area contributed by atoms with E-state index in [0.29, 0.717) is 11.6 Å². The van der Waals surface area contributed by atoms with Crippen LogP contribution < -0.4 is 5.32 Å². The molecule has 0 saturated carbocycles. The number of rotatable bonds is 5. The van der Waals surface area contributed by atoms with Crippen molar-refractivity contribution in [1.29, 1.82) is 0 Å². The first-order valence-electron chi connectivity index (χ1n) is 7.21. The Bertz CT molecular complexity index is 906. The summed E-state index contributed by atoms with van der Waals surface area (Å²) >= 11 is 5.84. The van der Waals surface area contributed by atoms with Crippen LogP contribution in [0.1, 0.15) is 15.9 Å². The zero-order chi connectivity index (χ0) is 17.8. The van der Waals surface area contributed by atoms with Crippen LogP contribution in [0, 0.1) is 10.1 Å². The van der Waals surface area contributed by atoms with Crippen molar-refractivity contribution in [3.63, 3.8) is 0 Å². The lowest BCUT2D eigenvalue weighted by molar-refractivity contribution is -0.384. The normalized spacial score (nSPS) is 10.4. The molecule has 2 aromatic carbocycles. The van der Waals surface area contributed by atoms with Gasteiger partial charge in [-0.1, -0.05) is 23.7 Å². The number of carbonyl (C=O) groups excluding carboxylic acids is 1. The number of hydrogen-bond donors (Lipinski definition) is 1. The van der Waals surface area contributed by atoms with Gasteiger partial charge in [-0.3, -0.25) is 20.2 Å². The minimum Gasteiger partial charge on any atom is -0.289 e. The molecule has 0 unspecified atom stereocenters. The highest BCUT2D eigenvalue weighted by Crippen LogP contribution is 2.13. The zero-order valence-electron chi connectivity index (χ0n) is 12.8. The number of nitrogens with zero attached hydrogens (tertiary/aromatic N) is 4. The largest absolute Gasteiger partial charge is 0.289 e. The van der Waals surface area contributed by atoms with Gasteiger partial charge in [0.05, 0.1) is 11.5 Å². The van der Waals surface area contributed by atoms with Gasteiger partial charge in [0.1, 0.15) is 6.33 Å². The summed E-state index contributed by atoms with van der Waals surface area (Å²) in [6.07, 6.45) is 1.50. The van der Waals surface area contributed by atoms with Gasteiger partial charge in [-0.2, -0.15) is 0 Å². The number of amides is 1. The van der Waals surface area contributed by atoms with Crippen molar-refractivity contribution in [2.45, 2.75) is 6.54 Å². The topological polar surface area (TPSA) is 103 Å². The van der Waals surface area contributed by atoms with Crippen molar-refractivity contribution in [2.24, 2.45) is 0 Å². The standard InChI is InChI=1S/C16H12ClN5O3/c17-13-5-1-11(2-6-13)9-21-10-18-16(20-21)19-15(23)12-3-7-14(8-4-12)22(24)25/h1-8,10H,9H2,(H,19,20,23). The van der Waals surface area contributed by atoms with Gasteiger partial charge >= 0.3 is 0 Å². The average molecular weight is 358 g/mol. The van der Waals surface area contributed by atoms with Gasteiger partial charge in [-0.15, -0.1) is 5.10 Å². The first-order chi connectivity index (χ1) is 12.0. The summed E-state index contributed by atoms with van der Waals surface area (Å²) in [5, 5.41) is 18.0. The van der Waals surface area contributed by atoms with E-state index in [0.717, 1.165) is 5.56 Å². The van der Waals surface area contributed by atoms with Crippen LogP contribution in [0.15, 0.2) is 54.9 Å². The summed E-state index contributed by atoms with van der Waals surface area (Å²) < 4.78 is 1.58. The lowest BCUT2D eigenvalue weighted by Gasteiger charge is -2.02. The lowest BCUT2D eigenvalue weighted by Crippen LogP contribution is -2.13. The van der Waals surface area contributed by atoms with Crippen molar-refractivity contribution in [1.82, 2.24) is 14.8 Å². The number of hydrogen-bond acceptors (Lipinski definition) is 5. The van der Waals surface area contributed by atoms with Crippen LogP contribution >= 0.6 is 11.6 Å². The number of anilines is 1. The van der Waals surface area contributed by atoms with Crippen LogP contribution in [0.5, 0.6) is 0 Å². The minimum atomic E-state index is -0.526. The molecule has 3 aromatic rings. The van der Waals surface area contributed by atoms with E-state index in [-0.39, 0.29) is 17.2 Å². The van der Waals surface area contributed by atoms with Crippen molar-refractivity contribution >= 4 is 29.1 Å². The predicted octanol–water partition coefficient (Wildman–Crippen LogP) is 3.14. The van der Waals surface area contributed by atoms with Crippen molar-refractivity contribution in [3.8, 4) is 0 Å². The maximum absolute atomic E-state index is 12.1. The summed E-state index contributed by atoms with van der Waals surface area (Å²) in [4.78, 5) is 26.2. The van der Waals surface area contributed by atoms with Crippen molar-refractivity contribution in [3.05, 3.63) is 81.1 Å². The molecule has 9 heteroatoms. The Morgan fingerprint density at radius 2 is 1.84 bits per heavy atom. The first-order valence-corrected chi connectivity index (χ1v) is 7.59. The number of benzene rings is 2. The number of carbonyl (C=O) groups is 1. The maximum Gasteiger partial charge on any atom is 0.269 e. The molecule has 0 spiro atoms. The van der Waals surface area contributed by atoms with E-state index in [4.69, 9.17) is 11.6 Å². The third-order valence-electron chi connectivity index (χ3n) is 3.36.